The van der Waals surface area contributed by atoms with Crippen LogP contribution in [0, 0.1) is 54.9 Å². The van der Waals surface area contributed by atoms with Gasteiger partial charge < -0.3 is 95.0 Å². The summed E-state index contributed by atoms with van der Waals surface area (Å²) in [6, 6.07) is 37.9. The molecule has 6 atom stereocenters. The number of halogens is 9. The molecule has 6 amide bonds. The molecule has 12 aliphatic carbocycles. The van der Waals surface area contributed by atoms with Crippen molar-refractivity contribution in [2.75, 3.05) is 58.1 Å². The van der Waals surface area contributed by atoms with Gasteiger partial charge in [-0.15, -0.1) is 0 Å². The van der Waals surface area contributed by atoms with Gasteiger partial charge in [-0.05, 0) is 269 Å². The molecule has 145 heavy (non-hydrogen) atoms. The topological polar surface area (TPSA) is 365 Å². The molecule has 4 aliphatic heterocycles. The number of rotatable bonds is 32. The molecular formula is C108H115Cl5F4N8O20. The molecule has 8 bridgehead atoms. The molecule has 12 saturated carbocycles. The molecule has 770 valence electrons. The summed E-state index contributed by atoms with van der Waals surface area (Å²) in [4.78, 5) is 117. The molecule has 9 N–H and O–H groups in total. The van der Waals surface area contributed by atoms with Crippen LogP contribution in [0.4, 0.5) is 23.2 Å². The van der Waals surface area contributed by atoms with Crippen LogP contribution in [0.3, 0.4) is 0 Å². The van der Waals surface area contributed by atoms with Gasteiger partial charge in [0.25, 0.3) is 35.4 Å². The number of amides is 6. The van der Waals surface area contributed by atoms with Gasteiger partial charge >= 0.3 is 0 Å². The molecular weight excluding hydrogens is 1980 g/mol. The number of benzene rings is 8. The summed E-state index contributed by atoms with van der Waals surface area (Å²) in [6.45, 7) is 14.9. The van der Waals surface area contributed by atoms with E-state index in [0.29, 0.717) is 162 Å². The number of Topliss-reactive ketones (excluding diaryl/α,β-unsaturated/α-hetero) is 3. The lowest BCUT2D eigenvalue weighted by molar-refractivity contribution is -0.178. The number of aryl methyl sites for hydroxylation is 3. The van der Waals surface area contributed by atoms with E-state index in [4.69, 9.17) is 101 Å². The zero-order chi connectivity index (χ0) is 103. The smallest absolute Gasteiger partial charge is 0.263 e. The standard InChI is InChI=1S/C28H33ClFN3O5.C28H31ClFNO5.C26H26Cl2FN3O5.C26H25ClFNO5/c1-17-5-8-22-21(9-17)33(16-26(2,3)36-4)11-23(38-22)25(35)32-28-13-27(14-28,15-28)31-24(34)12-37-18-6-7-19(29)20(30)10-18;1-17-2-4-19(13-21(17)30)35-16-26(34)31-28-9-6-27(7-10-28,8-11-28)15-23(33)25-14-22(32)20-12-18(29)3-5-24(20)36-25;1-14(33)9-30-20-8-22(37-21-5-2-15(27)6-17(20)21)24(35)32-26-11-25(12-26,13-26)31-23(34)10-36-16-3-4-18(28)19(29)7-16;1-15-3-5-17(8-19(15)28)33-11-23(32)29-26-12-25(13-26,14-26)10-22(31)24(2)9-20(30)18-7-16(27)4-6-21(18)34-24/h5-10,23H,11-16H2,1-4H3,(H,31,34)(H,32,35);2-5,12-13,22,25,32H,6-11,14-16H2,1H3,(H,31,34);2-7,20,22,30,33H,1,8-13H2,(H,31,34)(H,32,35);3-8H,9-14H2,1-2H3,(H,29,32)/t23-,27?,28?;;;/m0.../s1. The van der Waals surface area contributed by atoms with Crippen molar-refractivity contribution in [3.05, 3.63) is 240 Å². The zero-order valence-corrected chi connectivity index (χ0v) is 84.9. The minimum absolute atomic E-state index is 0.00697. The predicted molar refractivity (Wildman–Crippen MR) is 532 cm³/mol. The first-order valence-corrected chi connectivity index (χ1v) is 50.2. The molecule has 37 heteroatoms. The summed E-state index contributed by atoms with van der Waals surface area (Å²) in [7, 11) is 1.68. The number of ether oxygens (including phenoxy) is 9. The van der Waals surface area contributed by atoms with E-state index in [2.05, 4.69) is 54.8 Å². The summed E-state index contributed by atoms with van der Waals surface area (Å²) >= 11 is 29.5. The first-order valence-electron chi connectivity index (χ1n) is 48.3. The number of carbonyl (C=O) groups excluding carboxylic acids is 9. The Hall–Kier alpha value is -11.6. The third kappa shape index (κ3) is 23.7. The minimum atomic E-state index is -1.21. The fourth-order valence-corrected chi connectivity index (χ4v) is 23.6. The lowest BCUT2D eigenvalue weighted by atomic mass is 9.38. The van der Waals surface area contributed by atoms with Crippen LogP contribution in [-0.4, -0.2) is 179 Å². The molecule has 24 rings (SSSR count). The van der Waals surface area contributed by atoms with Gasteiger partial charge in [-0.3, -0.25) is 43.2 Å². The summed E-state index contributed by atoms with van der Waals surface area (Å²) in [5.74, 6) is -0.517. The van der Waals surface area contributed by atoms with E-state index >= 15 is 0 Å². The Labute approximate surface area is 861 Å². The predicted octanol–water partition coefficient (Wildman–Crippen LogP) is 17.5. The third-order valence-corrected chi connectivity index (χ3v) is 31.4. The van der Waals surface area contributed by atoms with E-state index in [1.165, 1.54) is 36.4 Å². The Morgan fingerprint density at radius 2 is 0.910 bits per heavy atom. The Bertz CT molecular complexity index is 6390. The van der Waals surface area contributed by atoms with Crippen LogP contribution in [0.15, 0.2) is 158 Å². The van der Waals surface area contributed by atoms with Gasteiger partial charge in [0.2, 0.25) is 0 Å². The quantitative estimate of drug-likeness (QED) is 0.0140. The molecule has 28 nitrogen and oxygen atoms in total. The average molecular weight is 2100 g/mol. The maximum Gasteiger partial charge on any atom is 0.263 e. The minimum Gasteiger partial charge on any atom is -0.512 e. The molecule has 8 aromatic carbocycles. The lowest BCUT2D eigenvalue weighted by Crippen LogP contribution is -2.84. The summed E-state index contributed by atoms with van der Waals surface area (Å²) in [5, 5.41) is 43.1. The summed E-state index contributed by atoms with van der Waals surface area (Å²) in [5.41, 5.74) is 1.06. The van der Waals surface area contributed by atoms with Crippen molar-refractivity contribution < 1.29 is 114 Å². The van der Waals surface area contributed by atoms with Crippen molar-refractivity contribution >= 4 is 116 Å². The molecule has 0 aromatic heterocycles. The number of nitrogens with one attached hydrogen (secondary N) is 7. The highest BCUT2D eigenvalue weighted by Gasteiger charge is 2.72. The summed E-state index contributed by atoms with van der Waals surface area (Å²) < 4.78 is 106. The van der Waals surface area contributed by atoms with E-state index in [1.54, 1.807) is 107 Å². The van der Waals surface area contributed by atoms with Crippen molar-refractivity contribution in [2.45, 2.75) is 245 Å². The second kappa shape index (κ2) is 41.2. The largest absolute Gasteiger partial charge is 0.512 e. The Morgan fingerprint density at radius 3 is 1.40 bits per heavy atom. The van der Waals surface area contributed by atoms with Crippen molar-refractivity contribution in [3.63, 3.8) is 0 Å². The van der Waals surface area contributed by atoms with Gasteiger partial charge in [-0.25, -0.2) is 17.6 Å². The van der Waals surface area contributed by atoms with Crippen molar-refractivity contribution in [3.8, 4) is 46.0 Å². The number of methoxy groups -OCH3 is 1. The van der Waals surface area contributed by atoms with E-state index in [9.17, 15) is 70.9 Å². The summed E-state index contributed by atoms with van der Waals surface area (Å²) in [6.07, 6.45) is 9.29. The van der Waals surface area contributed by atoms with Crippen LogP contribution in [-0.2, 0) is 43.1 Å². The Balaban J connectivity index is 0.000000133. The second-order valence-electron chi connectivity index (χ2n) is 42.4. The number of aliphatic hydroxyl groups is 2. The Kier molecular flexibility index (Phi) is 29.8. The fourth-order valence-electron chi connectivity index (χ4n) is 22.8. The molecule has 4 heterocycles. The first-order chi connectivity index (χ1) is 68.6. The normalized spacial score (nSPS) is 27.4. The van der Waals surface area contributed by atoms with Gasteiger partial charge in [-0.2, -0.15) is 0 Å². The number of hydrogen-bond donors (Lipinski definition) is 9. The van der Waals surface area contributed by atoms with E-state index < -0.39 is 47.3 Å². The van der Waals surface area contributed by atoms with Gasteiger partial charge in [0, 0.05) is 129 Å². The number of hydrogen-bond acceptors (Lipinski definition) is 22. The number of carbonyl (C=O) groups is 9. The number of ketones is 3. The second-order valence-corrected chi connectivity index (χ2v) is 44.5. The van der Waals surface area contributed by atoms with E-state index in [1.807, 2.05) is 32.9 Å². The van der Waals surface area contributed by atoms with Crippen molar-refractivity contribution in [1.82, 2.24) is 37.2 Å². The SMILES string of the molecule is C=C(O)CNC1CC(C(=O)NC23CC(NC(=O)COc4ccc(Cl)c(F)c4)(C2)C3)Oc2ccc(Cl)cc21.COC(C)(C)CN1C[C@@H](C(=O)NC23CC(NC(=O)COc4ccc(Cl)c(F)c4)(C2)C3)Oc2ccc(C)cc21.Cc1ccc(OCC(=O)NC23CC(CC(=O)C4(C)CC(=O)c5cc(Cl)ccc5O4)(C2)C3)cc1F.Cc1ccc(OCC(=O)NC23CCC(CC(=O)C4CC(O)c5cc(Cl)ccc5O4)(CC2)CC3)cc1F. The van der Waals surface area contributed by atoms with Crippen molar-refractivity contribution in [2.24, 2.45) is 10.8 Å². The first kappa shape index (κ1) is 105. The van der Waals surface area contributed by atoms with Crippen LogP contribution in [0.5, 0.6) is 46.0 Å². The van der Waals surface area contributed by atoms with Crippen molar-refractivity contribution in [1.29, 1.82) is 0 Å². The van der Waals surface area contributed by atoms with E-state index in [0.717, 1.165) is 67.5 Å². The maximum atomic E-state index is 13.7. The number of nitrogens with zero attached hydrogens (tertiary/aromatic N) is 1. The lowest BCUT2D eigenvalue weighted by Gasteiger charge is -2.71. The molecule has 16 aliphatic rings. The van der Waals surface area contributed by atoms with Crippen LogP contribution >= 0.6 is 58.0 Å². The maximum absolute atomic E-state index is 13.7. The highest BCUT2D eigenvalue weighted by atomic mass is 35.5. The fraction of sp³-hybridized carbons (Fsp3) is 0.454. The van der Waals surface area contributed by atoms with Crippen LogP contribution in [0.25, 0.3) is 0 Å². The molecule has 5 unspecified atom stereocenters. The third-order valence-electron chi connectivity index (χ3n) is 30.1. The van der Waals surface area contributed by atoms with Gasteiger partial charge in [0.1, 0.15) is 69.3 Å². The molecule has 0 radical (unpaired) electrons. The van der Waals surface area contributed by atoms with Gasteiger partial charge in [0.05, 0.1) is 58.3 Å². The van der Waals surface area contributed by atoms with Gasteiger partial charge in [-0.1, -0.05) is 82.8 Å². The monoisotopic (exact) mass is 2090 g/mol. The highest BCUT2D eigenvalue weighted by Crippen LogP contribution is 2.70. The average Bonchev–Trinajstić information content (AvgIpc) is 0.684. The molecule has 0 saturated heterocycles. The molecule has 0 spiro atoms. The highest BCUT2D eigenvalue weighted by molar-refractivity contribution is 6.32. The van der Waals surface area contributed by atoms with Crippen LogP contribution in [0.2, 0.25) is 25.1 Å². The van der Waals surface area contributed by atoms with Crippen LogP contribution < -0.4 is 80.0 Å². The zero-order valence-electron chi connectivity index (χ0n) is 81.1. The number of fused-ring (bicyclic) bond motifs is 7. The molecule has 12 fully saturated rings. The van der Waals surface area contributed by atoms with Crippen LogP contribution in [0.1, 0.15) is 200 Å². The van der Waals surface area contributed by atoms with Gasteiger partial charge in [0.15, 0.2) is 67.7 Å². The Morgan fingerprint density at radius 1 is 0.483 bits per heavy atom. The number of aliphatic hydroxyl groups excluding tert-OH is 2. The number of anilines is 1. The molecule has 8 aromatic rings. The van der Waals surface area contributed by atoms with E-state index in [-0.39, 0.29) is 188 Å².